The van der Waals surface area contributed by atoms with Gasteiger partial charge >= 0.3 is 0 Å². The van der Waals surface area contributed by atoms with Crippen molar-refractivity contribution in [2.75, 3.05) is 54.6 Å². The zero-order chi connectivity index (χ0) is 13.4. The van der Waals surface area contributed by atoms with E-state index in [1.54, 1.807) is 28.4 Å². The van der Waals surface area contributed by atoms with Crippen molar-refractivity contribution in [2.24, 2.45) is 0 Å². The van der Waals surface area contributed by atoms with Gasteiger partial charge in [0.25, 0.3) is 0 Å². The fraction of sp³-hybridized carbons (Fsp3) is 1.00. The molecule has 124 valence electrons. The van der Waals surface area contributed by atoms with Gasteiger partial charge in [0, 0.05) is 54.6 Å². The van der Waals surface area contributed by atoms with E-state index in [0.29, 0.717) is 0 Å². The van der Waals surface area contributed by atoms with E-state index < -0.39 is 0 Å². The lowest BCUT2D eigenvalue weighted by molar-refractivity contribution is -0.00461. The minimum absolute atomic E-state index is 0. The Hall–Kier alpha value is 0.340. The molecule has 0 aromatic heterocycles. The summed E-state index contributed by atoms with van der Waals surface area (Å²) in [4.78, 5) is 0. The molecule has 4 atom stereocenters. The van der Waals surface area contributed by atoms with Crippen LogP contribution in [0.25, 0.3) is 0 Å². The van der Waals surface area contributed by atoms with E-state index in [-0.39, 0.29) is 49.2 Å². The monoisotopic (exact) mass is 334 g/mol. The highest BCUT2D eigenvalue weighted by molar-refractivity contribution is 5.85. The second-order valence-electron chi connectivity index (χ2n) is 4.41. The molecule has 0 amide bonds. The number of halogens is 2. The van der Waals surface area contributed by atoms with Crippen LogP contribution in [0.4, 0.5) is 0 Å². The van der Waals surface area contributed by atoms with E-state index in [4.69, 9.17) is 18.9 Å². The van der Waals surface area contributed by atoms with Crippen molar-refractivity contribution in [3.05, 3.63) is 0 Å². The molecular formula is C12H28Cl2N2O4. The van der Waals surface area contributed by atoms with Crippen LogP contribution >= 0.6 is 24.8 Å². The fourth-order valence-electron chi connectivity index (χ4n) is 2.20. The van der Waals surface area contributed by atoms with Gasteiger partial charge in [-0.3, -0.25) is 0 Å². The van der Waals surface area contributed by atoms with E-state index in [2.05, 4.69) is 10.6 Å². The van der Waals surface area contributed by atoms with Crippen molar-refractivity contribution in [1.82, 2.24) is 10.6 Å². The van der Waals surface area contributed by atoms with Gasteiger partial charge in [-0.05, 0) is 0 Å². The SMILES string of the molecule is CO[C@H]1CNC[C@H]1OC.CO[C@H]1CNC[C@H]1OC.Cl.Cl. The van der Waals surface area contributed by atoms with Gasteiger partial charge < -0.3 is 29.6 Å². The Morgan fingerprint density at radius 3 is 0.900 bits per heavy atom. The Balaban J connectivity index is 0. The van der Waals surface area contributed by atoms with Gasteiger partial charge in [-0.25, -0.2) is 0 Å². The van der Waals surface area contributed by atoms with Gasteiger partial charge in [0.15, 0.2) is 0 Å². The molecule has 0 radical (unpaired) electrons. The highest BCUT2D eigenvalue weighted by Crippen LogP contribution is 2.06. The highest BCUT2D eigenvalue weighted by Gasteiger charge is 2.26. The second-order valence-corrected chi connectivity index (χ2v) is 4.41. The summed E-state index contributed by atoms with van der Waals surface area (Å²) in [6, 6.07) is 0. The van der Waals surface area contributed by atoms with E-state index in [9.17, 15) is 0 Å². The molecule has 2 N–H and O–H groups in total. The molecule has 2 aliphatic rings. The molecule has 2 aliphatic heterocycles. The van der Waals surface area contributed by atoms with E-state index in [1.807, 2.05) is 0 Å². The van der Waals surface area contributed by atoms with Crippen LogP contribution < -0.4 is 10.6 Å². The number of hydrogen-bond acceptors (Lipinski definition) is 6. The maximum Gasteiger partial charge on any atom is 0.0969 e. The highest BCUT2D eigenvalue weighted by atomic mass is 35.5. The van der Waals surface area contributed by atoms with E-state index in [0.717, 1.165) is 26.2 Å². The van der Waals surface area contributed by atoms with E-state index in [1.165, 1.54) is 0 Å². The Morgan fingerprint density at radius 2 is 0.750 bits per heavy atom. The first-order valence-electron chi connectivity index (χ1n) is 6.29. The number of methoxy groups -OCH3 is 4. The third-order valence-electron chi connectivity index (χ3n) is 3.42. The quantitative estimate of drug-likeness (QED) is 0.759. The molecule has 2 heterocycles. The first kappa shape index (κ1) is 22.6. The first-order chi connectivity index (χ1) is 8.76. The molecule has 2 fully saturated rings. The molecule has 0 unspecified atom stereocenters. The number of hydrogen-bond donors (Lipinski definition) is 2. The van der Waals surface area contributed by atoms with Crippen LogP contribution in [-0.4, -0.2) is 79.0 Å². The van der Waals surface area contributed by atoms with Crippen molar-refractivity contribution >= 4 is 24.8 Å². The molecule has 0 aromatic carbocycles. The van der Waals surface area contributed by atoms with Crippen LogP contribution in [0, 0.1) is 0 Å². The largest absolute Gasteiger partial charge is 0.377 e. The summed E-state index contributed by atoms with van der Waals surface area (Å²) in [5.41, 5.74) is 0. The molecule has 0 bridgehead atoms. The van der Waals surface area contributed by atoms with Crippen LogP contribution in [-0.2, 0) is 18.9 Å². The van der Waals surface area contributed by atoms with Crippen molar-refractivity contribution in [3.8, 4) is 0 Å². The summed E-state index contributed by atoms with van der Waals surface area (Å²) in [6.45, 7) is 3.65. The first-order valence-corrected chi connectivity index (χ1v) is 6.29. The predicted octanol–water partition coefficient (Wildman–Crippen LogP) is 0.0828. The van der Waals surface area contributed by atoms with Gasteiger partial charge in [-0.2, -0.15) is 0 Å². The summed E-state index contributed by atoms with van der Waals surface area (Å²) in [6.07, 6.45) is 0.981. The van der Waals surface area contributed by atoms with Crippen LogP contribution in [0.2, 0.25) is 0 Å². The molecule has 0 aromatic rings. The number of nitrogens with one attached hydrogen (secondary N) is 2. The lowest BCUT2D eigenvalue weighted by Crippen LogP contribution is -2.27. The van der Waals surface area contributed by atoms with Crippen LogP contribution in [0.3, 0.4) is 0 Å². The minimum Gasteiger partial charge on any atom is -0.377 e. The predicted molar refractivity (Wildman–Crippen MR) is 83.4 cm³/mol. The minimum atomic E-state index is 0. The zero-order valence-corrected chi connectivity index (χ0v) is 14.2. The molecule has 0 aliphatic carbocycles. The smallest absolute Gasteiger partial charge is 0.0969 e. The third kappa shape index (κ3) is 6.87. The van der Waals surface area contributed by atoms with Crippen molar-refractivity contribution in [2.45, 2.75) is 24.4 Å². The number of rotatable bonds is 4. The molecule has 0 saturated carbocycles. The van der Waals surface area contributed by atoms with E-state index >= 15 is 0 Å². The molecule has 8 heteroatoms. The molecule has 2 saturated heterocycles. The summed E-state index contributed by atoms with van der Waals surface area (Å²) >= 11 is 0. The van der Waals surface area contributed by atoms with Crippen LogP contribution in [0.15, 0.2) is 0 Å². The molecule has 6 nitrogen and oxygen atoms in total. The molecule has 2 rings (SSSR count). The molecule has 20 heavy (non-hydrogen) atoms. The van der Waals surface area contributed by atoms with Crippen LogP contribution in [0.1, 0.15) is 0 Å². The topological polar surface area (TPSA) is 61.0 Å². The molecule has 0 spiro atoms. The lowest BCUT2D eigenvalue weighted by Gasteiger charge is -2.14. The molecular weight excluding hydrogens is 307 g/mol. The summed E-state index contributed by atoms with van der Waals surface area (Å²) in [7, 11) is 6.85. The maximum atomic E-state index is 5.13. The Kier molecular flexibility index (Phi) is 14.7. The fourth-order valence-corrected chi connectivity index (χ4v) is 2.20. The normalized spacial score (nSPS) is 31.8. The lowest BCUT2D eigenvalue weighted by atomic mass is 10.3. The summed E-state index contributed by atoms with van der Waals surface area (Å²) in [5, 5.41) is 6.35. The van der Waals surface area contributed by atoms with Gasteiger partial charge in [-0.15, -0.1) is 24.8 Å². The van der Waals surface area contributed by atoms with Crippen molar-refractivity contribution < 1.29 is 18.9 Å². The second kappa shape index (κ2) is 13.0. The maximum absolute atomic E-state index is 5.13. The zero-order valence-electron chi connectivity index (χ0n) is 12.6. The van der Waals surface area contributed by atoms with Gasteiger partial charge in [0.05, 0.1) is 24.4 Å². The standard InChI is InChI=1S/2C6H13NO2.2ClH/c2*1-8-5-3-7-4-6(5)9-2;;/h2*5-7H,3-4H2,1-2H3;2*1H/t2*5-,6+;;. The number of ether oxygens (including phenoxy) is 4. The average molecular weight is 335 g/mol. The van der Waals surface area contributed by atoms with Gasteiger partial charge in [0.2, 0.25) is 0 Å². The summed E-state index contributed by atoms with van der Waals surface area (Å²) < 4.78 is 20.5. The third-order valence-corrected chi connectivity index (χ3v) is 3.42. The Morgan fingerprint density at radius 1 is 0.550 bits per heavy atom. The van der Waals surface area contributed by atoms with Gasteiger partial charge in [0.1, 0.15) is 0 Å². The Bertz CT molecular complexity index is 186. The van der Waals surface area contributed by atoms with Gasteiger partial charge in [-0.1, -0.05) is 0 Å². The Labute approximate surface area is 134 Å². The average Bonchev–Trinajstić information content (AvgIpc) is 3.06. The summed E-state index contributed by atoms with van der Waals surface area (Å²) in [5.74, 6) is 0. The van der Waals surface area contributed by atoms with Crippen LogP contribution in [0.5, 0.6) is 0 Å². The van der Waals surface area contributed by atoms with Crippen molar-refractivity contribution in [1.29, 1.82) is 0 Å². The van der Waals surface area contributed by atoms with Crippen molar-refractivity contribution in [3.63, 3.8) is 0 Å².